The molecule has 2 fully saturated rings. The fraction of sp³-hybridized carbons (Fsp3) is 0.917. The Hall–Kier alpha value is -0.370. The fourth-order valence-corrected chi connectivity index (χ4v) is 2.34. The average Bonchev–Trinajstić information content (AvgIpc) is 2.83. The van der Waals surface area contributed by atoms with Crippen LogP contribution < -0.4 is 5.32 Å². The summed E-state index contributed by atoms with van der Waals surface area (Å²) in [5.41, 5.74) is 0. The molecule has 2 heteroatoms. The number of carbonyl (C=O) groups excluding carboxylic acids is 1. The van der Waals surface area contributed by atoms with E-state index in [-0.39, 0.29) is 0 Å². The Morgan fingerprint density at radius 1 is 1.14 bits per heavy atom. The van der Waals surface area contributed by atoms with E-state index in [0.717, 1.165) is 31.3 Å². The summed E-state index contributed by atoms with van der Waals surface area (Å²) >= 11 is 0. The zero-order valence-corrected chi connectivity index (χ0v) is 8.93. The van der Waals surface area contributed by atoms with Crippen LogP contribution in [0.1, 0.15) is 51.4 Å². The van der Waals surface area contributed by atoms with Gasteiger partial charge in [-0.15, -0.1) is 0 Å². The highest BCUT2D eigenvalue weighted by Gasteiger charge is 2.21. The van der Waals surface area contributed by atoms with Crippen molar-refractivity contribution in [2.45, 2.75) is 57.4 Å². The Morgan fingerprint density at radius 2 is 1.86 bits per heavy atom. The average molecular weight is 195 g/mol. The Labute approximate surface area is 86.5 Å². The summed E-state index contributed by atoms with van der Waals surface area (Å²) in [6.07, 6.45) is 9.52. The number of rotatable bonds is 6. The van der Waals surface area contributed by atoms with E-state index in [4.69, 9.17) is 0 Å². The predicted octanol–water partition coefficient (Wildman–Crippen LogP) is 2.28. The minimum atomic E-state index is 0.477. The number of hydrogen-bond donors (Lipinski definition) is 1. The van der Waals surface area contributed by atoms with Gasteiger partial charge in [0.2, 0.25) is 0 Å². The van der Waals surface area contributed by atoms with Gasteiger partial charge >= 0.3 is 0 Å². The lowest BCUT2D eigenvalue weighted by Crippen LogP contribution is -2.20. The van der Waals surface area contributed by atoms with Gasteiger partial charge in [-0.3, -0.25) is 4.79 Å². The molecule has 80 valence electrons. The molecule has 0 radical (unpaired) electrons. The van der Waals surface area contributed by atoms with Crippen LogP contribution in [0.25, 0.3) is 0 Å². The van der Waals surface area contributed by atoms with E-state index in [2.05, 4.69) is 5.32 Å². The summed E-state index contributed by atoms with van der Waals surface area (Å²) < 4.78 is 0. The normalized spacial score (nSPS) is 22.9. The summed E-state index contributed by atoms with van der Waals surface area (Å²) in [7, 11) is 0. The van der Waals surface area contributed by atoms with Crippen molar-refractivity contribution in [3.63, 3.8) is 0 Å². The minimum absolute atomic E-state index is 0.477. The van der Waals surface area contributed by atoms with Crippen LogP contribution >= 0.6 is 0 Å². The summed E-state index contributed by atoms with van der Waals surface area (Å²) in [5.74, 6) is 1.20. The Balaban J connectivity index is 1.53. The minimum Gasteiger partial charge on any atom is -0.314 e. The van der Waals surface area contributed by atoms with Crippen molar-refractivity contribution in [2.75, 3.05) is 6.54 Å². The van der Waals surface area contributed by atoms with Gasteiger partial charge in [0.15, 0.2) is 0 Å². The standard InChI is InChI=1S/C12H21NO/c14-12(7-8-13-11-5-6-11)9-10-3-1-2-4-10/h10-11,13H,1-9H2. The first-order valence-corrected chi connectivity index (χ1v) is 6.09. The molecular formula is C12H21NO. The summed E-state index contributed by atoms with van der Waals surface area (Å²) in [6, 6.07) is 0.745. The third-order valence-corrected chi connectivity index (χ3v) is 3.41. The number of Topliss-reactive ketones (excluding diaryl/α,β-unsaturated/α-hetero) is 1. The third-order valence-electron chi connectivity index (χ3n) is 3.41. The van der Waals surface area contributed by atoms with Gasteiger partial charge < -0.3 is 5.32 Å². The van der Waals surface area contributed by atoms with Gasteiger partial charge in [0.1, 0.15) is 5.78 Å². The predicted molar refractivity (Wildman–Crippen MR) is 57.2 cm³/mol. The molecule has 0 aliphatic heterocycles. The molecule has 0 saturated heterocycles. The highest BCUT2D eigenvalue weighted by Crippen LogP contribution is 2.27. The van der Waals surface area contributed by atoms with Gasteiger partial charge in [-0.2, -0.15) is 0 Å². The van der Waals surface area contributed by atoms with Crippen molar-refractivity contribution in [3.05, 3.63) is 0 Å². The van der Waals surface area contributed by atoms with E-state index in [1.165, 1.54) is 38.5 Å². The van der Waals surface area contributed by atoms with Crippen LogP contribution in [0.4, 0.5) is 0 Å². The quantitative estimate of drug-likeness (QED) is 0.704. The van der Waals surface area contributed by atoms with Crippen molar-refractivity contribution < 1.29 is 4.79 Å². The highest BCUT2D eigenvalue weighted by atomic mass is 16.1. The van der Waals surface area contributed by atoms with E-state index >= 15 is 0 Å². The highest BCUT2D eigenvalue weighted by molar-refractivity contribution is 5.78. The van der Waals surface area contributed by atoms with Gasteiger partial charge in [-0.05, 0) is 18.8 Å². The van der Waals surface area contributed by atoms with Crippen LogP contribution in [0.3, 0.4) is 0 Å². The number of ketones is 1. The molecule has 0 bridgehead atoms. The first-order chi connectivity index (χ1) is 6.84. The largest absolute Gasteiger partial charge is 0.314 e. The second-order valence-corrected chi connectivity index (χ2v) is 4.87. The second kappa shape index (κ2) is 4.92. The van der Waals surface area contributed by atoms with Gasteiger partial charge in [-0.1, -0.05) is 25.7 Å². The van der Waals surface area contributed by atoms with Crippen LogP contribution in [-0.4, -0.2) is 18.4 Å². The number of carbonyl (C=O) groups is 1. The van der Waals surface area contributed by atoms with E-state index in [1.807, 2.05) is 0 Å². The third kappa shape index (κ3) is 3.41. The van der Waals surface area contributed by atoms with Gasteiger partial charge in [0.05, 0.1) is 0 Å². The SMILES string of the molecule is O=C(CCNC1CC1)CC1CCCC1. The molecule has 0 amide bonds. The maximum atomic E-state index is 11.6. The Morgan fingerprint density at radius 3 is 2.50 bits per heavy atom. The maximum Gasteiger partial charge on any atom is 0.134 e. The summed E-state index contributed by atoms with van der Waals surface area (Å²) in [6.45, 7) is 0.913. The molecule has 0 aromatic heterocycles. The fourth-order valence-electron chi connectivity index (χ4n) is 2.34. The second-order valence-electron chi connectivity index (χ2n) is 4.87. The lowest BCUT2D eigenvalue weighted by atomic mass is 10.00. The Bertz CT molecular complexity index is 192. The molecule has 2 aliphatic carbocycles. The lowest BCUT2D eigenvalue weighted by Gasteiger charge is -2.07. The van der Waals surface area contributed by atoms with Gasteiger partial charge in [0.25, 0.3) is 0 Å². The molecule has 0 unspecified atom stereocenters. The van der Waals surface area contributed by atoms with E-state index in [0.29, 0.717) is 5.78 Å². The molecule has 0 aromatic rings. The molecule has 1 N–H and O–H groups in total. The zero-order chi connectivity index (χ0) is 9.80. The van der Waals surface area contributed by atoms with Crippen LogP contribution in [0.2, 0.25) is 0 Å². The molecule has 0 atom stereocenters. The van der Waals surface area contributed by atoms with Crippen molar-refractivity contribution in [1.82, 2.24) is 5.32 Å². The topological polar surface area (TPSA) is 29.1 Å². The first kappa shape index (κ1) is 10.2. The molecular weight excluding hydrogens is 174 g/mol. The van der Waals surface area contributed by atoms with Crippen molar-refractivity contribution >= 4 is 5.78 Å². The first-order valence-electron chi connectivity index (χ1n) is 6.09. The van der Waals surface area contributed by atoms with E-state index in [1.54, 1.807) is 0 Å². The van der Waals surface area contributed by atoms with E-state index < -0.39 is 0 Å². The molecule has 2 nitrogen and oxygen atoms in total. The zero-order valence-electron chi connectivity index (χ0n) is 8.93. The molecule has 0 spiro atoms. The molecule has 2 rings (SSSR count). The van der Waals surface area contributed by atoms with Crippen LogP contribution in [0.15, 0.2) is 0 Å². The van der Waals surface area contributed by atoms with Crippen LogP contribution in [-0.2, 0) is 4.79 Å². The monoisotopic (exact) mass is 195 g/mol. The summed E-state index contributed by atoms with van der Waals surface area (Å²) in [5, 5.41) is 3.39. The van der Waals surface area contributed by atoms with Gasteiger partial charge in [0, 0.05) is 25.4 Å². The number of hydrogen-bond acceptors (Lipinski definition) is 2. The smallest absolute Gasteiger partial charge is 0.134 e. The number of nitrogens with one attached hydrogen (secondary N) is 1. The maximum absolute atomic E-state index is 11.6. The van der Waals surface area contributed by atoms with Crippen LogP contribution in [0, 0.1) is 5.92 Å². The Kier molecular flexibility index (Phi) is 3.57. The summed E-state index contributed by atoms with van der Waals surface area (Å²) in [4.78, 5) is 11.6. The molecule has 14 heavy (non-hydrogen) atoms. The molecule has 2 aliphatic rings. The van der Waals surface area contributed by atoms with Crippen molar-refractivity contribution in [1.29, 1.82) is 0 Å². The van der Waals surface area contributed by atoms with Crippen LogP contribution in [0.5, 0.6) is 0 Å². The van der Waals surface area contributed by atoms with Gasteiger partial charge in [-0.25, -0.2) is 0 Å². The molecule has 0 aromatic carbocycles. The molecule has 0 heterocycles. The lowest BCUT2D eigenvalue weighted by molar-refractivity contribution is -0.119. The van der Waals surface area contributed by atoms with Crippen molar-refractivity contribution in [2.24, 2.45) is 5.92 Å². The van der Waals surface area contributed by atoms with E-state index in [9.17, 15) is 4.79 Å². The molecule has 2 saturated carbocycles. The van der Waals surface area contributed by atoms with Crippen molar-refractivity contribution in [3.8, 4) is 0 Å².